The zero-order chi connectivity index (χ0) is 17.6. The Morgan fingerprint density at radius 3 is 2.88 bits per heavy atom. The smallest absolute Gasteiger partial charge is 0.178 e. The van der Waals surface area contributed by atoms with Gasteiger partial charge >= 0.3 is 0 Å². The minimum Gasteiger partial charge on any atom is -0.360 e. The van der Waals surface area contributed by atoms with Gasteiger partial charge in [0.05, 0.1) is 5.25 Å². The summed E-state index contributed by atoms with van der Waals surface area (Å²) in [6.07, 6.45) is 3.39. The number of ketones is 1. The number of aryl methyl sites for hydroxylation is 2. The second-order valence-corrected chi connectivity index (χ2v) is 8.55. The Balaban J connectivity index is 1.68. The quantitative estimate of drug-likeness (QED) is 0.308. The largest absolute Gasteiger partial charge is 0.360 e. The van der Waals surface area contributed by atoms with Crippen LogP contribution in [0.25, 0.3) is 21.1 Å². The van der Waals surface area contributed by atoms with Crippen LogP contribution >= 0.6 is 23.1 Å². The maximum Gasteiger partial charge on any atom is 0.178 e. The molecular formula is C19H17N3OS2. The molecule has 0 saturated heterocycles. The highest BCUT2D eigenvalue weighted by Gasteiger charge is 2.22. The number of aromatic amines is 1. The lowest BCUT2D eigenvalue weighted by atomic mass is 10.1. The highest BCUT2D eigenvalue weighted by molar-refractivity contribution is 8.00. The molecule has 3 aromatic heterocycles. The number of Topliss-reactive ketones (excluding diaryl/α,β-unsaturated/α-hetero) is 1. The number of thioether (sulfide) groups is 1. The second-order valence-electron chi connectivity index (χ2n) is 6.01. The summed E-state index contributed by atoms with van der Waals surface area (Å²) in [5.41, 5.74) is 2.92. The van der Waals surface area contributed by atoms with E-state index in [2.05, 4.69) is 28.8 Å². The number of carbonyl (C=O) groups is 1. The van der Waals surface area contributed by atoms with Crippen LogP contribution in [0.5, 0.6) is 0 Å². The van der Waals surface area contributed by atoms with E-state index in [1.165, 1.54) is 22.2 Å². The van der Waals surface area contributed by atoms with Crippen LogP contribution in [0.15, 0.2) is 41.8 Å². The summed E-state index contributed by atoms with van der Waals surface area (Å²) in [7, 11) is 0. The molecule has 0 aliphatic heterocycles. The third-order valence-corrected chi connectivity index (χ3v) is 6.66. The van der Waals surface area contributed by atoms with E-state index in [1.54, 1.807) is 23.9 Å². The summed E-state index contributed by atoms with van der Waals surface area (Å²) in [5.74, 6) is 0.110. The Morgan fingerprint density at radius 2 is 2.04 bits per heavy atom. The van der Waals surface area contributed by atoms with Gasteiger partial charge in [0, 0.05) is 32.9 Å². The SMILES string of the molecule is Cc1sc2ncnc(S[C@H](C)C(=O)c3c[nH]c4ccccc34)c2c1C. The average molecular weight is 367 g/mol. The predicted octanol–water partition coefficient (Wildman–Crippen LogP) is 5.15. The van der Waals surface area contributed by atoms with Gasteiger partial charge in [0.25, 0.3) is 0 Å². The lowest BCUT2D eigenvalue weighted by molar-refractivity contribution is 0.0995. The summed E-state index contributed by atoms with van der Waals surface area (Å²) in [6, 6.07) is 7.88. The summed E-state index contributed by atoms with van der Waals surface area (Å²) in [6.45, 7) is 6.13. The number of H-pyrrole nitrogens is 1. The summed E-state index contributed by atoms with van der Waals surface area (Å²) in [4.78, 5) is 27.2. The van der Waals surface area contributed by atoms with Gasteiger partial charge in [-0.15, -0.1) is 11.3 Å². The van der Waals surface area contributed by atoms with E-state index < -0.39 is 0 Å². The van der Waals surface area contributed by atoms with Crippen molar-refractivity contribution in [3.8, 4) is 0 Å². The van der Waals surface area contributed by atoms with E-state index in [4.69, 9.17) is 0 Å². The van der Waals surface area contributed by atoms with Crippen molar-refractivity contribution in [3.05, 3.63) is 52.8 Å². The van der Waals surface area contributed by atoms with E-state index in [9.17, 15) is 4.79 Å². The Morgan fingerprint density at radius 1 is 1.24 bits per heavy atom. The number of nitrogens with one attached hydrogen (secondary N) is 1. The van der Waals surface area contributed by atoms with Gasteiger partial charge in [0.1, 0.15) is 16.2 Å². The van der Waals surface area contributed by atoms with Gasteiger partial charge in [-0.25, -0.2) is 9.97 Å². The molecule has 0 radical (unpaired) electrons. The molecule has 4 nitrogen and oxygen atoms in total. The highest BCUT2D eigenvalue weighted by atomic mass is 32.2. The van der Waals surface area contributed by atoms with Crippen molar-refractivity contribution in [1.82, 2.24) is 15.0 Å². The molecule has 4 aromatic rings. The zero-order valence-electron chi connectivity index (χ0n) is 14.2. The molecule has 3 heterocycles. The second kappa shape index (κ2) is 6.28. The first-order chi connectivity index (χ1) is 12.1. The molecular weight excluding hydrogens is 350 g/mol. The van der Waals surface area contributed by atoms with Gasteiger partial charge in [0.2, 0.25) is 0 Å². The number of para-hydroxylation sites is 1. The summed E-state index contributed by atoms with van der Waals surface area (Å²) in [5, 5.41) is 2.70. The maximum atomic E-state index is 13.0. The zero-order valence-corrected chi connectivity index (χ0v) is 15.8. The Labute approximate surface area is 153 Å². The van der Waals surface area contributed by atoms with Crippen molar-refractivity contribution in [2.75, 3.05) is 0 Å². The Kier molecular flexibility index (Phi) is 4.09. The molecule has 0 bridgehead atoms. The van der Waals surface area contributed by atoms with Crippen molar-refractivity contribution >= 4 is 50.0 Å². The monoisotopic (exact) mass is 367 g/mol. The number of hydrogen-bond acceptors (Lipinski definition) is 5. The third kappa shape index (κ3) is 2.75. The van der Waals surface area contributed by atoms with Crippen LogP contribution in [0.4, 0.5) is 0 Å². The third-order valence-electron chi connectivity index (χ3n) is 4.44. The lowest BCUT2D eigenvalue weighted by Crippen LogP contribution is -2.13. The molecule has 0 saturated carbocycles. The summed E-state index contributed by atoms with van der Waals surface area (Å²) < 4.78 is 0. The summed E-state index contributed by atoms with van der Waals surface area (Å²) >= 11 is 3.18. The minimum absolute atomic E-state index is 0.110. The van der Waals surface area contributed by atoms with Crippen molar-refractivity contribution in [1.29, 1.82) is 0 Å². The molecule has 0 spiro atoms. The molecule has 0 fully saturated rings. The van der Waals surface area contributed by atoms with E-state index >= 15 is 0 Å². The van der Waals surface area contributed by atoms with Gasteiger partial charge in [-0.3, -0.25) is 4.79 Å². The first-order valence-corrected chi connectivity index (χ1v) is 9.73. The number of benzene rings is 1. The predicted molar refractivity (Wildman–Crippen MR) is 105 cm³/mol. The van der Waals surface area contributed by atoms with E-state index in [1.807, 2.05) is 31.2 Å². The molecule has 0 unspecified atom stereocenters. The number of carbonyl (C=O) groups excluding carboxylic acids is 1. The van der Waals surface area contributed by atoms with E-state index in [0.717, 1.165) is 31.7 Å². The normalized spacial score (nSPS) is 12.8. The number of hydrogen-bond donors (Lipinski definition) is 1. The fourth-order valence-corrected chi connectivity index (χ4v) is 5.06. The number of rotatable bonds is 4. The Hall–Kier alpha value is -2.18. The molecule has 1 atom stereocenters. The number of aromatic nitrogens is 3. The molecule has 4 rings (SSSR count). The van der Waals surface area contributed by atoms with Gasteiger partial charge < -0.3 is 4.98 Å². The maximum absolute atomic E-state index is 13.0. The van der Waals surface area contributed by atoms with Crippen LogP contribution in [0.2, 0.25) is 0 Å². The average Bonchev–Trinajstić information content (AvgIpc) is 3.16. The molecule has 1 N–H and O–H groups in total. The standard InChI is InChI=1S/C19H17N3OS2/c1-10-11(2)24-18-16(10)19(22-9-21-18)25-12(3)17(23)14-8-20-15-7-5-4-6-13(14)15/h4-9,12,20H,1-3H3/t12-/m1/s1. The number of fused-ring (bicyclic) bond motifs is 2. The van der Waals surface area contributed by atoms with Gasteiger partial charge in [-0.1, -0.05) is 30.0 Å². The molecule has 25 heavy (non-hydrogen) atoms. The fraction of sp³-hybridized carbons (Fsp3) is 0.211. The van der Waals surface area contributed by atoms with Crippen LogP contribution < -0.4 is 0 Å². The molecule has 6 heteroatoms. The van der Waals surface area contributed by atoms with Gasteiger partial charge in [0.15, 0.2) is 5.78 Å². The van der Waals surface area contributed by atoms with Crippen molar-refractivity contribution < 1.29 is 4.79 Å². The van der Waals surface area contributed by atoms with Crippen molar-refractivity contribution in [2.24, 2.45) is 0 Å². The highest BCUT2D eigenvalue weighted by Crippen LogP contribution is 2.36. The molecule has 126 valence electrons. The molecule has 0 aliphatic rings. The van der Waals surface area contributed by atoms with Crippen LogP contribution in [0.3, 0.4) is 0 Å². The van der Waals surface area contributed by atoms with Gasteiger partial charge in [-0.2, -0.15) is 0 Å². The fourth-order valence-electron chi connectivity index (χ4n) is 2.95. The molecule has 0 amide bonds. The molecule has 0 aliphatic carbocycles. The van der Waals surface area contributed by atoms with E-state index in [0.29, 0.717) is 0 Å². The van der Waals surface area contributed by atoms with Crippen LogP contribution in [-0.2, 0) is 0 Å². The van der Waals surface area contributed by atoms with Crippen LogP contribution in [-0.4, -0.2) is 26.0 Å². The Bertz CT molecular complexity index is 1100. The minimum atomic E-state index is -0.225. The van der Waals surface area contributed by atoms with Gasteiger partial charge in [-0.05, 0) is 32.4 Å². The van der Waals surface area contributed by atoms with Crippen LogP contribution in [0, 0.1) is 13.8 Å². The van der Waals surface area contributed by atoms with Crippen molar-refractivity contribution in [3.63, 3.8) is 0 Å². The van der Waals surface area contributed by atoms with Crippen LogP contribution in [0.1, 0.15) is 27.7 Å². The first-order valence-electron chi connectivity index (χ1n) is 8.04. The number of thiophene rings is 1. The topological polar surface area (TPSA) is 58.6 Å². The lowest BCUT2D eigenvalue weighted by Gasteiger charge is -2.10. The van der Waals surface area contributed by atoms with E-state index in [-0.39, 0.29) is 11.0 Å². The first kappa shape index (κ1) is 16.3. The molecule has 1 aromatic carbocycles. The van der Waals surface area contributed by atoms with Crippen molar-refractivity contribution in [2.45, 2.75) is 31.0 Å². The number of nitrogens with zero attached hydrogens (tertiary/aromatic N) is 2.